The largest absolute Gasteiger partial charge is 1.00 e. The number of methoxy groups -OCH3 is 1. The summed E-state index contributed by atoms with van der Waals surface area (Å²) in [4.78, 5) is 0. The highest BCUT2D eigenvalue weighted by atomic mass is 79.9. The lowest BCUT2D eigenvalue weighted by molar-refractivity contribution is -0.00000668. The van der Waals surface area contributed by atoms with E-state index in [0.717, 1.165) is 11.9 Å². The number of halogens is 1. The number of ether oxygens (including phenoxy) is 1. The van der Waals surface area contributed by atoms with Gasteiger partial charge >= 0.3 is 0 Å². The van der Waals surface area contributed by atoms with Crippen molar-refractivity contribution in [1.82, 2.24) is 0 Å². The number of hydrogen-bond donors (Lipinski definition) is 0. The lowest BCUT2D eigenvalue weighted by atomic mass is 10.2. The highest BCUT2D eigenvalue weighted by Gasteiger charge is 2.45. The topological polar surface area (TPSA) is 9.23 Å². The van der Waals surface area contributed by atoms with Gasteiger partial charge in [0.25, 0.3) is 0 Å². The monoisotopic (exact) mass is 504 g/mol. The maximum Gasteiger partial charge on any atom is 0.119 e. The Morgan fingerprint density at radius 1 is 0.594 bits per heavy atom. The van der Waals surface area contributed by atoms with Crippen LogP contribution in [0.4, 0.5) is 0 Å². The van der Waals surface area contributed by atoms with E-state index in [-0.39, 0.29) is 17.0 Å². The molecule has 0 aromatic heterocycles. The Hall–Kier alpha value is -2.41. The third-order valence-corrected chi connectivity index (χ3v) is 10.4. The molecule has 0 N–H and O–H groups in total. The molecule has 0 aliphatic heterocycles. The van der Waals surface area contributed by atoms with Crippen molar-refractivity contribution >= 4 is 23.2 Å². The van der Waals surface area contributed by atoms with E-state index >= 15 is 0 Å². The maximum absolute atomic E-state index is 5.55. The number of benzene rings is 4. The molecule has 0 unspecified atom stereocenters. The molecule has 0 bridgehead atoms. The van der Waals surface area contributed by atoms with Gasteiger partial charge in [-0.2, -0.15) is 0 Å². The Kier molecular flexibility index (Phi) is 7.93. The Morgan fingerprint density at radius 2 is 1.00 bits per heavy atom. The number of aryl methyl sites for hydroxylation is 3. The van der Waals surface area contributed by atoms with Crippen LogP contribution in [0.3, 0.4) is 0 Å². The van der Waals surface area contributed by atoms with Crippen molar-refractivity contribution in [3.05, 3.63) is 119 Å². The highest BCUT2D eigenvalue weighted by molar-refractivity contribution is 7.95. The summed E-state index contributed by atoms with van der Waals surface area (Å²) in [5, 5.41) is 4.23. The lowest BCUT2D eigenvalue weighted by Gasteiger charge is -2.28. The molecule has 1 nitrogen and oxygen atoms in total. The van der Waals surface area contributed by atoms with Crippen LogP contribution in [0.2, 0.25) is 0 Å². The summed E-state index contributed by atoms with van der Waals surface area (Å²) in [5.41, 5.74) is 5.16. The molecule has 0 atom stereocenters. The predicted octanol–water partition coefficient (Wildman–Crippen LogP) is 3.12. The summed E-state index contributed by atoms with van der Waals surface area (Å²) in [5.74, 6) is 0.910. The van der Waals surface area contributed by atoms with Gasteiger partial charge in [-0.05, 0) is 74.9 Å². The molecule has 164 valence electrons. The summed E-state index contributed by atoms with van der Waals surface area (Å²) in [6.07, 6.45) is 0.958. The maximum atomic E-state index is 5.55. The van der Waals surface area contributed by atoms with Crippen molar-refractivity contribution in [2.24, 2.45) is 0 Å². The molecule has 0 radical (unpaired) electrons. The predicted molar refractivity (Wildman–Crippen MR) is 136 cm³/mol. The van der Waals surface area contributed by atoms with Gasteiger partial charge in [0.1, 0.15) is 28.9 Å². The Morgan fingerprint density at radius 3 is 1.38 bits per heavy atom. The SMILES string of the molecule is COc1cccc(C[P+](c2ccc(C)cc2)(c2ccc(C)cc2)c2ccc(C)cc2)c1.[Br-]. The molecule has 32 heavy (non-hydrogen) atoms. The van der Waals surface area contributed by atoms with E-state index < -0.39 is 7.26 Å². The van der Waals surface area contributed by atoms with Crippen molar-refractivity contribution in [1.29, 1.82) is 0 Å². The molecule has 3 heteroatoms. The molecule has 4 aromatic rings. The third kappa shape index (κ3) is 4.98. The van der Waals surface area contributed by atoms with E-state index in [1.54, 1.807) is 7.11 Å². The quantitative estimate of drug-likeness (QED) is 0.366. The van der Waals surface area contributed by atoms with Gasteiger partial charge in [0.15, 0.2) is 0 Å². The molecule has 0 aliphatic carbocycles. The van der Waals surface area contributed by atoms with Crippen LogP contribution in [0.5, 0.6) is 5.75 Å². The molecule has 0 saturated carbocycles. The van der Waals surface area contributed by atoms with Gasteiger partial charge in [0, 0.05) is 0 Å². The molecule has 0 aliphatic rings. The fraction of sp³-hybridized carbons (Fsp3) is 0.172. The first-order valence-corrected chi connectivity index (χ1v) is 12.7. The molecular formula is C29H30BrOP. The number of rotatable bonds is 6. The second-order valence-electron chi connectivity index (χ2n) is 8.33. The van der Waals surface area contributed by atoms with E-state index in [2.05, 4.69) is 112 Å². The van der Waals surface area contributed by atoms with Gasteiger partial charge in [0.05, 0.1) is 13.3 Å². The zero-order valence-electron chi connectivity index (χ0n) is 19.2. The Bertz CT molecular complexity index is 1040. The molecule has 4 rings (SSSR count). The second kappa shape index (κ2) is 10.5. The molecule has 4 aromatic carbocycles. The minimum Gasteiger partial charge on any atom is -1.00 e. The smallest absolute Gasteiger partial charge is 0.119 e. The minimum absolute atomic E-state index is 0. The normalized spacial score (nSPS) is 11.0. The van der Waals surface area contributed by atoms with Crippen LogP contribution in [-0.2, 0) is 6.16 Å². The van der Waals surface area contributed by atoms with Crippen molar-refractivity contribution < 1.29 is 21.7 Å². The van der Waals surface area contributed by atoms with Crippen LogP contribution >= 0.6 is 7.26 Å². The highest BCUT2D eigenvalue weighted by Crippen LogP contribution is 2.58. The molecule has 0 spiro atoms. The zero-order chi connectivity index (χ0) is 21.8. The molecule has 0 amide bonds. The molecule has 0 fully saturated rings. The van der Waals surface area contributed by atoms with Crippen molar-refractivity contribution in [2.75, 3.05) is 7.11 Å². The van der Waals surface area contributed by atoms with Gasteiger partial charge in [-0.1, -0.05) is 65.2 Å². The fourth-order valence-electron chi connectivity index (χ4n) is 4.16. The Balaban J connectivity index is 0.00000289. The van der Waals surface area contributed by atoms with E-state index in [4.69, 9.17) is 4.74 Å². The Labute approximate surface area is 203 Å². The summed E-state index contributed by atoms with van der Waals surface area (Å²) in [6.45, 7) is 6.47. The summed E-state index contributed by atoms with van der Waals surface area (Å²) in [7, 11) is -0.183. The van der Waals surface area contributed by atoms with Gasteiger partial charge < -0.3 is 21.7 Å². The fourth-order valence-corrected chi connectivity index (χ4v) is 8.32. The van der Waals surface area contributed by atoms with E-state index in [9.17, 15) is 0 Å². The van der Waals surface area contributed by atoms with E-state index in [1.807, 2.05) is 6.07 Å². The van der Waals surface area contributed by atoms with Crippen molar-refractivity contribution in [2.45, 2.75) is 26.9 Å². The summed E-state index contributed by atoms with van der Waals surface area (Å²) in [6, 6.07) is 36.0. The van der Waals surface area contributed by atoms with Gasteiger partial charge in [-0.3, -0.25) is 0 Å². The van der Waals surface area contributed by atoms with Gasteiger partial charge in [0.2, 0.25) is 0 Å². The second-order valence-corrected chi connectivity index (χ2v) is 11.8. The van der Waals surface area contributed by atoms with Crippen LogP contribution in [0.25, 0.3) is 0 Å². The lowest BCUT2D eigenvalue weighted by Crippen LogP contribution is -3.00. The van der Waals surface area contributed by atoms with Gasteiger partial charge in [-0.15, -0.1) is 0 Å². The number of hydrogen-bond acceptors (Lipinski definition) is 1. The zero-order valence-corrected chi connectivity index (χ0v) is 21.7. The minimum atomic E-state index is -1.92. The van der Waals surface area contributed by atoms with Crippen LogP contribution < -0.4 is 37.6 Å². The first-order chi connectivity index (χ1) is 15.0. The first-order valence-electron chi connectivity index (χ1n) is 10.7. The average molecular weight is 505 g/mol. The van der Waals surface area contributed by atoms with E-state index in [1.165, 1.54) is 38.2 Å². The summed E-state index contributed by atoms with van der Waals surface area (Å²) < 4.78 is 5.55. The van der Waals surface area contributed by atoms with Crippen molar-refractivity contribution in [3.63, 3.8) is 0 Å². The van der Waals surface area contributed by atoms with Crippen LogP contribution in [0.15, 0.2) is 97.1 Å². The molecule has 0 heterocycles. The summed E-state index contributed by atoms with van der Waals surface area (Å²) >= 11 is 0. The van der Waals surface area contributed by atoms with Crippen LogP contribution in [0, 0.1) is 20.8 Å². The molecule has 0 saturated heterocycles. The van der Waals surface area contributed by atoms with Crippen LogP contribution in [-0.4, -0.2) is 7.11 Å². The third-order valence-electron chi connectivity index (χ3n) is 5.98. The average Bonchev–Trinajstić information content (AvgIpc) is 2.79. The van der Waals surface area contributed by atoms with Crippen LogP contribution in [0.1, 0.15) is 22.3 Å². The first kappa shape index (κ1) is 24.2. The van der Waals surface area contributed by atoms with Gasteiger partial charge in [-0.25, -0.2) is 0 Å². The van der Waals surface area contributed by atoms with E-state index in [0.29, 0.717) is 0 Å². The van der Waals surface area contributed by atoms with Crippen molar-refractivity contribution in [3.8, 4) is 5.75 Å². The molecular weight excluding hydrogens is 475 g/mol. The standard InChI is InChI=1S/C29H30OP.BrH/c1-22-8-14-27(15-9-22)31(28-16-10-23(2)11-17-28,29-18-12-24(3)13-19-29)21-25-6-5-7-26(20-25)30-4;/h5-20H,21H2,1-4H3;1H/q+1;/p-1.